The molecule has 0 aliphatic carbocycles. The van der Waals surface area contributed by atoms with Gasteiger partial charge in [0.15, 0.2) is 5.69 Å². The molecule has 0 bridgehead atoms. The average Bonchev–Trinajstić information content (AvgIpc) is 2.62. The summed E-state index contributed by atoms with van der Waals surface area (Å²) in [5.41, 5.74) is 1.33. The number of carbonyl (C=O) groups excluding carboxylic acids is 1. The van der Waals surface area contributed by atoms with Crippen LogP contribution in [-0.2, 0) is 11.2 Å². The van der Waals surface area contributed by atoms with E-state index in [-0.39, 0.29) is 48.2 Å². The Kier molecular flexibility index (Phi) is 5.08. The SMILES string of the molecule is CC1COc2nc(C(=O)O)c(Cc3ccc(F)cc3)cc2N1C(=O)CCl. The zero-order chi connectivity index (χ0) is 18.8. The molecule has 1 atom stereocenters. The maximum Gasteiger partial charge on any atom is 0.354 e. The smallest absolute Gasteiger partial charge is 0.354 e. The number of pyridine rings is 1. The van der Waals surface area contributed by atoms with Gasteiger partial charge in [0.2, 0.25) is 11.8 Å². The van der Waals surface area contributed by atoms with Gasteiger partial charge in [-0.1, -0.05) is 12.1 Å². The summed E-state index contributed by atoms with van der Waals surface area (Å²) in [4.78, 5) is 29.4. The Morgan fingerprint density at radius 1 is 1.38 bits per heavy atom. The molecule has 6 nitrogen and oxygen atoms in total. The third-order valence-corrected chi connectivity index (χ3v) is 4.33. The molecule has 1 aliphatic rings. The second kappa shape index (κ2) is 7.29. The molecule has 8 heteroatoms. The Morgan fingerprint density at radius 2 is 2.08 bits per heavy atom. The van der Waals surface area contributed by atoms with E-state index in [2.05, 4.69) is 4.98 Å². The Hall–Kier alpha value is -2.67. The Labute approximate surface area is 154 Å². The van der Waals surface area contributed by atoms with Crippen molar-refractivity contribution >= 4 is 29.2 Å². The van der Waals surface area contributed by atoms with Gasteiger partial charge < -0.3 is 14.7 Å². The summed E-state index contributed by atoms with van der Waals surface area (Å²) in [7, 11) is 0. The predicted octanol–water partition coefficient (Wildman–Crippen LogP) is 2.86. The van der Waals surface area contributed by atoms with Gasteiger partial charge in [-0.2, -0.15) is 0 Å². The van der Waals surface area contributed by atoms with E-state index >= 15 is 0 Å². The number of alkyl halides is 1. The van der Waals surface area contributed by atoms with Crippen LogP contribution in [0.1, 0.15) is 28.5 Å². The number of benzene rings is 1. The van der Waals surface area contributed by atoms with Gasteiger partial charge in [0.05, 0.1) is 6.04 Å². The first-order valence-corrected chi connectivity index (χ1v) is 8.46. The Bertz CT molecular complexity index is 857. The van der Waals surface area contributed by atoms with E-state index in [1.54, 1.807) is 25.1 Å². The van der Waals surface area contributed by atoms with E-state index in [0.29, 0.717) is 11.3 Å². The lowest BCUT2D eigenvalue weighted by Gasteiger charge is -2.34. The number of carboxylic acid groups (broad SMARTS) is 1. The zero-order valence-electron chi connectivity index (χ0n) is 13.9. The largest absolute Gasteiger partial charge is 0.476 e. The maximum absolute atomic E-state index is 13.1. The summed E-state index contributed by atoms with van der Waals surface area (Å²) < 4.78 is 18.6. The van der Waals surface area contributed by atoms with Crippen molar-refractivity contribution in [1.29, 1.82) is 0 Å². The molecule has 1 amide bonds. The van der Waals surface area contributed by atoms with Crippen molar-refractivity contribution < 1.29 is 23.8 Å². The van der Waals surface area contributed by atoms with E-state index < -0.39 is 5.97 Å². The summed E-state index contributed by atoms with van der Waals surface area (Å²) in [5, 5.41) is 9.48. The lowest BCUT2D eigenvalue weighted by molar-refractivity contribution is -0.117. The number of nitrogens with zero attached hydrogens (tertiary/aromatic N) is 2. The average molecular weight is 379 g/mol. The number of hydrogen-bond donors (Lipinski definition) is 1. The second-order valence-corrected chi connectivity index (χ2v) is 6.25. The molecular formula is C18H16ClFN2O4. The van der Waals surface area contributed by atoms with Crippen molar-refractivity contribution in [3.8, 4) is 5.88 Å². The van der Waals surface area contributed by atoms with E-state index in [1.807, 2.05) is 0 Å². The van der Waals surface area contributed by atoms with Crippen molar-refractivity contribution in [2.45, 2.75) is 19.4 Å². The molecule has 2 aromatic rings. The lowest BCUT2D eigenvalue weighted by atomic mass is 10.0. The first-order chi connectivity index (χ1) is 12.4. The minimum atomic E-state index is -1.21. The Morgan fingerprint density at radius 3 is 2.69 bits per heavy atom. The molecule has 3 rings (SSSR count). The standard InChI is InChI=1S/C18H16ClFN2O4/c1-10-9-26-17-14(22(10)15(23)8-19)7-12(16(21-17)18(24)25)6-11-2-4-13(20)5-3-11/h2-5,7,10H,6,8-9H2,1H3,(H,24,25). The molecule has 1 N–H and O–H groups in total. The summed E-state index contributed by atoms with van der Waals surface area (Å²) in [5.74, 6) is -2.03. The van der Waals surface area contributed by atoms with Crippen LogP contribution in [0.5, 0.6) is 5.88 Å². The first-order valence-electron chi connectivity index (χ1n) is 7.93. The molecule has 1 aliphatic heterocycles. The van der Waals surface area contributed by atoms with Crippen molar-refractivity contribution in [3.05, 3.63) is 53.0 Å². The lowest BCUT2D eigenvalue weighted by Crippen LogP contribution is -2.46. The monoisotopic (exact) mass is 378 g/mol. The van der Waals surface area contributed by atoms with Gasteiger partial charge in [-0.15, -0.1) is 11.6 Å². The van der Waals surface area contributed by atoms with E-state index in [1.165, 1.54) is 17.0 Å². The van der Waals surface area contributed by atoms with Crippen LogP contribution in [0.2, 0.25) is 0 Å². The highest BCUT2D eigenvalue weighted by molar-refractivity contribution is 6.29. The van der Waals surface area contributed by atoms with Gasteiger partial charge in [-0.3, -0.25) is 4.79 Å². The van der Waals surface area contributed by atoms with Gasteiger partial charge >= 0.3 is 5.97 Å². The second-order valence-electron chi connectivity index (χ2n) is 5.99. The molecule has 0 saturated carbocycles. The number of carboxylic acids is 1. The molecule has 0 radical (unpaired) electrons. The number of ether oxygens (including phenoxy) is 1. The topological polar surface area (TPSA) is 79.7 Å². The van der Waals surface area contributed by atoms with Crippen LogP contribution in [0, 0.1) is 5.82 Å². The number of hydrogen-bond acceptors (Lipinski definition) is 4. The first kappa shape index (κ1) is 18.1. The van der Waals surface area contributed by atoms with Crippen LogP contribution < -0.4 is 9.64 Å². The number of halogens is 2. The van der Waals surface area contributed by atoms with Crippen molar-refractivity contribution in [2.24, 2.45) is 0 Å². The molecular weight excluding hydrogens is 363 g/mol. The quantitative estimate of drug-likeness (QED) is 0.827. The predicted molar refractivity (Wildman–Crippen MR) is 93.6 cm³/mol. The summed E-state index contributed by atoms with van der Waals surface area (Å²) >= 11 is 5.70. The molecule has 0 spiro atoms. The van der Waals surface area contributed by atoms with Crippen LogP contribution in [0.3, 0.4) is 0 Å². The molecule has 1 aromatic carbocycles. The van der Waals surface area contributed by atoms with Gasteiger partial charge in [0.25, 0.3) is 0 Å². The zero-order valence-corrected chi connectivity index (χ0v) is 14.7. The third kappa shape index (κ3) is 3.48. The summed E-state index contributed by atoms with van der Waals surface area (Å²) in [6, 6.07) is 7.06. The van der Waals surface area contributed by atoms with Gasteiger partial charge in [0.1, 0.15) is 24.0 Å². The van der Waals surface area contributed by atoms with Crippen LogP contribution >= 0.6 is 11.6 Å². The fourth-order valence-electron chi connectivity index (χ4n) is 2.90. The van der Waals surface area contributed by atoms with Crippen molar-refractivity contribution in [2.75, 3.05) is 17.4 Å². The number of rotatable bonds is 4. The number of carbonyl (C=O) groups is 2. The van der Waals surface area contributed by atoms with E-state index in [0.717, 1.165) is 5.56 Å². The summed E-state index contributed by atoms with van der Waals surface area (Å²) in [6.45, 7) is 2.00. The third-order valence-electron chi connectivity index (χ3n) is 4.10. The van der Waals surface area contributed by atoms with Crippen LogP contribution in [-0.4, -0.2) is 40.5 Å². The number of aromatic carboxylic acids is 1. The van der Waals surface area contributed by atoms with Crippen LogP contribution in [0.25, 0.3) is 0 Å². The van der Waals surface area contributed by atoms with Crippen LogP contribution in [0.15, 0.2) is 30.3 Å². The molecule has 0 fully saturated rings. The molecule has 136 valence electrons. The highest BCUT2D eigenvalue weighted by Gasteiger charge is 2.32. The molecule has 1 aromatic heterocycles. The Balaban J connectivity index is 2.08. The van der Waals surface area contributed by atoms with E-state index in [4.69, 9.17) is 16.3 Å². The minimum absolute atomic E-state index is 0.0850. The minimum Gasteiger partial charge on any atom is -0.476 e. The van der Waals surface area contributed by atoms with Gasteiger partial charge in [-0.05, 0) is 42.7 Å². The number of aromatic nitrogens is 1. The number of fused-ring (bicyclic) bond motifs is 1. The molecule has 1 unspecified atom stereocenters. The fraction of sp³-hybridized carbons (Fsp3) is 0.278. The number of amides is 1. The molecule has 2 heterocycles. The molecule has 26 heavy (non-hydrogen) atoms. The number of anilines is 1. The highest BCUT2D eigenvalue weighted by Crippen LogP contribution is 2.35. The maximum atomic E-state index is 13.1. The van der Waals surface area contributed by atoms with Crippen molar-refractivity contribution in [1.82, 2.24) is 4.98 Å². The summed E-state index contributed by atoms with van der Waals surface area (Å²) in [6.07, 6.45) is 0.222. The van der Waals surface area contributed by atoms with Gasteiger partial charge in [-0.25, -0.2) is 14.2 Å². The normalized spacial score (nSPS) is 16.0. The van der Waals surface area contributed by atoms with Gasteiger partial charge in [0, 0.05) is 0 Å². The van der Waals surface area contributed by atoms with Crippen LogP contribution in [0.4, 0.5) is 10.1 Å². The fourth-order valence-corrected chi connectivity index (χ4v) is 3.03. The molecule has 0 saturated heterocycles. The van der Waals surface area contributed by atoms with Crippen molar-refractivity contribution in [3.63, 3.8) is 0 Å². The highest BCUT2D eigenvalue weighted by atomic mass is 35.5. The van der Waals surface area contributed by atoms with E-state index in [9.17, 15) is 19.1 Å².